The molecule has 6 nitrogen and oxygen atoms in total. The molecule has 0 saturated heterocycles. The molecule has 0 aromatic carbocycles. The Morgan fingerprint density at radius 3 is 2.73 bits per heavy atom. The van der Waals surface area contributed by atoms with Gasteiger partial charge in [0.05, 0.1) is 24.5 Å². The van der Waals surface area contributed by atoms with Crippen LogP contribution in [0.1, 0.15) is 84.4 Å². The number of oxazole rings is 1. The highest BCUT2D eigenvalue weighted by atomic mass is 16.5. The van der Waals surface area contributed by atoms with Gasteiger partial charge in [-0.1, -0.05) is 27.2 Å². The van der Waals surface area contributed by atoms with Gasteiger partial charge in [-0.3, -0.25) is 4.98 Å². The van der Waals surface area contributed by atoms with Gasteiger partial charge in [0.1, 0.15) is 5.52 Å². The van der Waals surface area contributed by atoms with Crippen molar-refractivity contribution in [1.29, 1.82) is 0 Å². The van der Waals surface area contributed by atoms with E-state index >= 15 is 0 Å². The van der Waals surface area contributed by atoms with Gasteiger partial charge in [-0.15, -0.1) is 0 Å². The van der Waals surface area contributed by atoms with Crippen molar-refractivity contribution in [3.63, 3.8) is 0 Å². The first kappa shape index (κ1) is 25.8. The summed E-state index contributed by atoms with van der Waals surface area (Å²) in [5, 5.41) is 22.0. The van der Waals surface area contributed by atoms with Gasteiger partial charge in [-0.25, -0.2) is 4.98 Å². The fourth-order valence-corrected chi connectivity index (χ4v) is 10.2. The van der Waals surface area contributed by atoms with E-state index in [1.807, 2.05) is 13.2 Å². The van der Waals surface area contributed by atoms with Crippen LogP contribution in [0.5, 0.6) is 0 Å². The molecule has 37 heavy (non-hydrogen) atoms. The van der Waals surface area contributed by atoms with Crippen molar-refractivity contribution in [3.8, 4) is 0 Å². The molecule has 4 aliphatic carbocycles. The number of hydrogen-bond donors (Lipinski definition) is 2. The van der Waals surface area contributed by atoms with Crippen molar-refractivity contribution in [2.24, 2.45) is 46.3 Å². The Labute approximate surface area is 221 Å². The number of fused-ring (bicyclic) bond motifs is 6. The quantitative estimate of drug-likeness (QED) is 0.511. The second-order valence-corrected chi connectivity index (χ2v) is 13.4. The average Bonchev–Trinajstić information content (AvgIpc) is 3.46. The van der Waals surface area contributed by atoms with Crippen molar-refractivity contribution in [2.75, 3.05) is 7.11 Å². The Morgan fingerprint density at radius 2 is 1.97 bits per heavy atom. The highest BCUT2D eigenvalue weighted by Crippen LogP contribution is 2.69. The molecule has 6 rings (SSSR count). The number of nitrogens with zero attached hydrogens (tertiary/aromatic N) is 2. The van der Waals surface area contributed by atoms with Crippen LogP contribution in [-0.4, -0.2) is 45.6 Å². The van der Waals surface area contributed by atoms with Gasteiger partial charge in [-0.2, -0.15) is 0 Å². The fraction of sp³-hybridized carbons (Fsp3) is 0.806. The lowest BCUT2D eigenvalue weighted by molar-refractivity contribution is -0.213. The van der Waals surface area contributed by atoms with Crippen LogP contribution in [0.3, 0.4) is 0 Å². The van der Waals surface area contributed by atoms with Gasteiger partial charge in [-0.05, 0) is 92.3 Å². The Morgan fingerprint density at radius 1 is 1.14 bits per heavy atom. The van der Waals surface area contributed by atoms with Crippen LogP contribution < -0.4 is 0 Å². The minimum Gasteiger partial charge on any atom is -0.441 e. The molecule has 4 aliphatic rings. The molecule has 2 aromatic heterocycles. The molecule has 2 aromatic rings. The van der Waals surface area contributed by atoms with Gasteiger partial charge in [0.25, 0.3) is 0 Å². The van der Waals surface area contributed by atoms with Crippen molar-refractivity contribution in [1.82, 2.24) is 9.97 Å². The number of pyridine rings is 1. The molecule has 0 amide bonds. The molecule has 0 bridgehead atoms. The predicted molar refractivity (Wildman–Crippen MR) is 143 cm³/mol. The standard InChI is InChI=1S/C31H46N2O4/c1-5-18(6-9-28-33-24-17-32-13-11-26(24)37-28)21-7-8-22-29-23(16-27(36-4)31(21,22)3)30(2)12-10-20(34)14-19(30)15-25(29)35/h11,13,17-23,25,27,29,34-35H,5-10,12,14-16H2,1-4H3/t18?,19-,20+,21+,22-,23-,25+,27-,29-,30-,31+/m0/s1. The third kappa shape index (κ3) is 4.00. The summed E-state index contributed by atoms with van der Waals surface area (Å²) in [7, 11) is 1.92. The number of methoxy groups -OCH3 is 1. The summed E-state index contributed by atoms with van der Waals surface area (Å²) in [6.07, 6.45) is 13.5. The first-order valence-electron chi connectivity index (χ1n) is 14.9. The molecule has 11 atom stereocenters. The van der Waals surface area contributed by atoms with Crippen LogP contribution in [0.2, 0.25) is 0 Å². The Bertz CT molecular complexity index is 1070. The predicted octanol–water partition coefficient (Wildman–Crippen LogP) is 5.80. The summed E-state index contributed by atoms with van der Waals surface area (Å²) in [4.78, 5) is 8.86. The van der Waals surface area contributed by atoms with E-state index in [1.54, 1.807) is 12.4 Å². The summed E-state index contributed by atoms with van der Waals surface area (Å²) in [6.45, 7) is 7.30. The maximum absolute atomic E-state index is 11.6. The second-order valence-electron chi connectivity index (χ2n) is 13.4. The number of rotatable bonds is 6. The molecule has 0 spiro atoms. The van der Waals surface area contributed by atoms with E-state index in [9.17, 15) is 10.2 Å². The zero-order valence-corrected chi connectivity index (χ0v) is 23.1. The number of hydrogen-bond acceptors (Lipinski definition) is 6. The van der Waals surface area contributed by atoms with E-state index in [4.69, 9.17) is 9.15 Å². The van der Waals surface area contributed by atoms with Gasteiger partial charge >= 0.3 is 0 Å². The van der Waals surface area contributed by atoms with E-state index < -0.39 is 0 Å². The van der Waals surface area contributed by atoms with Crippen LogP contribution in [0.25, 0.3) is 11.1 Å². The molecule has 0 aliphatic heterocycles. The minimum atomic E-state index is -0.261. The zero-order chi connectivity index (χ0) is 25.9. The SMILES string of the molecule is CCC(CCc1nc2cnccc2o1)[C@H]1CC[C@H]2[C@@H]3[C@H](O)C[C@@H]4C[C@H](O)CC[C@]4(C)[C@H]3C[C@H](OC)[C@]12C. The summed E-state index contributed by atoms with van der Waals surface area (Å²) in [5.41, 5.74) is 1.92. The Hall–Kier alpha value is -1.50. The number of aliphatic hydroxyl groups excluding tert-OH is 2. The van der Waals surface area contributed by atoms with E-state index in [0.29, 0.717) is 35.5 Å². The summed E-state index contributed by atoms with van der Waals surface area (Å²) >= 11 is 0. The molecule has 0 radical (unpaired) electrons. The first-order chi connectivity index (χ1) is 17.8. The average molecular weight is 511 g/mol. The highest BCUT2D eigenvalue weighted by molar-refractivity contribution is 5.70. The first-order valence-corrected chi connectivity index (χ1v) is 14.9. The van der Waals surface area contributed by atoms with Gasteiger partial charge < -0.3 is 19.4 Å². The number of ether oxygens (including phenoxy) is 1. The zero-order valence-electron chi connectivity index (χ0n) is 23.1. The van der Waals surface area contributed by atoms with Crippen molar-refractivity contribution in [2.45, 2.75) is 103 Å². The lowest BCUT2D eigenvalue weighted by Crippen LogP contribution is -2.62. The van der Waals surface area contributed by atoms with E-state index in [2.05, 4.69) is 30.7 Å². The largest absolute Gasteiger partial charge is 0.441 e. The smallest absolute Gasteiger partial charge is 0.195 e. The van der Waals surface area contributed by atoms with E-state index in [-0.39, 0.29) is 29.1 Å². The Kier molecular flexibility index (Phi) is 6.69. The van der Waals surface area contributed by atoms with Gasteiger partial charge in [0.2, 0.25) is 0 Å². The maximum Gasteiger partial charge on any atom is 0.195 e. The van der Waals surface area contributed by atoms with Crippen LogP contribution in [0, 0.1) is 46.3 Å². The topological polar surface area (TPSA) is 88.6 Å². The number of aliphatic hydroxyl groups is 2. The van der Waals surface area contributed by atoms with Crippen LogP contribution >= 0.6 is 0 Å². The van der Waals surface area contributed by atoms with Gasteiger partial charge in [0.15, 0.2) is 11.5 Å². The molecule has 6 heteroatoms. The molecule has 204 valence electrons. The third-order valence-electron chi connectivity index (χ3n) is 12.1. The number of aryl methyl sites for hydroxylation is 1. The van der Waals surface area contributed by atoms with Crippen LogP contribution in [0.15, 0.2) is 22.9 Å². The summed E-state index contributed by atoms with van der Waals surface area (Å²) < 4.78 is 12.4. The molecule has 1 unspecified atom stereocenters. The summed E-state index contributed by atoms with van der Waals surface area (Å²) in [5.74, 6) is 3.70. The van der Waals surface area contributed by atoms with Crippen LogP contribution in [-0.2, 0) is 11.2 Å². The second kappa shape index (κ2) is 9.60. The van der Waals surface area contributed by atoms with Crippen molar-refractivity contribution >= 4 is 11.1 Å². The molecule has 4 saturated carbocycles. The van der Waals surface area contributed by atoms with Gasteiger partial charge in [0, 0.05) is 31.2 Å². The molecule has 2 N–H and O–H groups in total. The summed E-state index contributed by atoms with van der Waals surface area (Å²) in [6, 6.07) is 1.89. The Balaban J connectivity index is 1.25. The van der Waals surface area contributed by atoms with E-state index in [1.165, 1.54) is 12.8 Å². The van der Waals surface area contributed by atoms with Crippen LogP contribution in [0.4, 0.5) is 0 Å². The number of aromatic nitrogens is 2. The maximum atomic E-state index is 11.6. The molecular weight excluding hydrogens is 464 g/mol. The lowest BCUT2D eigenvalue weighted by Gasteiger charge is -2.64. The molecule has 4 fully saturated rings. The molecular formula is C31H46N2O4. The third-order valence-corrected chi connectivity index (χ3v) is 12.1. The van der Waals surface area contributed by atoms with Crippen molar-refractivity contribution in [3.05, 3.63) is 24.4 Å². The lowest BCUT2D eigenvalue weighted by atomic mass is 9.43. The molecule has 2 heterocycles. The fourth-order valence-electron chi connectivity index (χ4n) is 10.2. The van der Waals surface area contributed by atoms with E-state index in [0.717, 1.165) is 68.4 Å². The monoisotopic (exact) mass is 510 g/mol. The minimum absolute atomic E-state index is 0.0696. The van der Waals surface area contributed by atoms with Crippen molar-refractivity contribution < 1.29 is 19.4 Å². The normalized spacial score (nSPS) is 44.3. The highest BCUT2D eigenvalue weighted by Gasteiger charge is 2.66.